The first-order chi connectivity index (χ1) is 9.71. The fraction of sp³-hybridized carbons (Fsp3) is 0.600. The number of nitrogens with zero attached hydrogens (tertiary/aromatic N) is 1. The summed E-state index contributed by atoms with van der Waals surface area (Å²) in [5, 5.41) is 3.39. The van der Waals surface area contributed by atoms with Gasteiger partial charge in [0.15, 0.2) is 5.78 Å². The van der Waals surface area contributed by atoms with Crippen molar-refractivity contribution in [2.45, 2.75) is 45.3 Å². The summed E-state index contributed by atoms with van der Waals surface area (Å²) in [6.07, 6.45) is 4.39. The van der Waals surface area contributed by atoms with Crippen LogP contribution in [0.4, 0.5) is 0 Å². The van der Waals surface area contributed by atoms with Crippen LogP contribution in [0.15, 0.2) is 18.3 Å². The maximum atomic E-state index is 11.2. The number of hydrogen-bond acceptors (Lipinski definition) is 5. The molecule has 0 atom stereocenters. The Bertz CT molecular complexity index is 427. The number of carbonyl (C=O) groups is 1. The molecule has 5 heteroatoms. The summed E-state index contributed by atoms with van der Waals surface area (Å²) in [6, 6.07) is 4.14. The van der Waals surface area contributed by atoms with Crippen molar-refractivity contribution in [3.8, 4) is 11.6 Å². The fourth-order valence-electron chi connectivity index (χ4n) is 2.08. The Kier molecular flexibility index (Phi) is 5.35. The lowest BCUT2D eigenvalue weighted by atomic mass is 9.89. The molecule has 1 heterocycles. The highest BCUT2D eigenvalue weighted by Crippen LogP contribution is 2.25. The Labute approximate surface area is 119 Å². The van der Waals surface area contributed by atoms with Crippen molar-refractivity contribution in [3.05, 3.63) is 18.3 Å². The van der Waals surface area contributed by atoms with Gasteiger partial charge in [-0.15, -0.1) is 0 Å². The predicted octanol–water partition coefficient (Wildman–Crippen LogP) is 1.96. The summed E-state index contributed by atoms with van der Waals surface area (Å²) >= 11 is 0. The van der Waals surface area contributed by atoms with Crippen LogP contribution in [0.3, 0.4) is 0 Å². The van der Waals surface area contributed by atoms with Gasteiger partial charge < -0.3 is 14.8 Å². The normalized spacial score (nSPS) is 21.1. The summed E-state index contributed by atoms with van der Waals surface area (Å²) < 4.78 is 11.1. The van der Waals surface area contributed by atoms with Crippen molar-refractivity contribution in [1.82, 2.24) is 10.3 Å². The van der Waals surface area contributed by atoms with Crippen LogP contribution in [0.25, 0.3) is 0 Å². The van der Waals surface area contributed by atoms with E-state index in [1.165, 1.54) is 0 Å². The van der Waals surface area contributed by atoms with Gasteiger partial charge in [0.25, 0.3) is 0 Å². The molecule has 0 spiro atoms. The molecular weight excluding hydrogens is 256 g/mol. The molecule has 1 aliphatic rings. The van der Waals surface area contributed by atoms with Crippen molar-refractivity contribution in [2.24, 2.45) is 0 Å². The van der Waals surface area contributed by atoms with E-state index in [1.54, 1.807) is 18.3 Å². The highest BCUT2D eigenvalue weighted by Gasteiger charge is 2.30. The van der Waals surface area contributed by atoms with Gasteiger partial charge in [-0.3, -0.25) is 4.79 Å². The second-order valence-corrected chi connectivity index (χ2v) is 4.98. The first kappa shape index (κ1) is 14.8. The Morgan fingerprint density at radius 1 is 1.40 bits per heavy atom. The molecule has 1 fully saturated rings. The van der Waals surface area contributed by atoms with Crippen LogP contribution in [0.2, 0.25) is 0 Å². The Morgan fingerprint density at radius 2 is 2.20 bits per heavy atom. The highest BCUT2D eigenvalue weighted by atomic mass is 16.5. The second kappa shape index (κ2) is 7.24. The van der Waals surface area contributed by atoms with Crippen molar-refractivity contribution in [2.75, 3.05) is 13.2 Å². The smallest absolute Gasteiger partial charge is 0.213 e. The quantitative estimate of drug-likeness (QED) is 0.787. The Morgan fingerprint density at radius 3 is 2.80 bits per heavy atom. The van der Waals surface area contributed by atoms with E-state index in [4.69, 9.17) is 9.47 Å². The largest absolute Gasteiger partial charge is 0.484 e. The molecule has 1 aromatic heterocycles. The van der Waals surface area contributed by atoms with Gasteiger partial charge in [-0.25, -0.2) is 4.98 Å². The minimum atomic E-state index is 0.0780. The minimum absolute atomic E-state index is 0.0780. The van der Waals surface area contributed by atoms with Gasteiger partial charge in [-0.05, 0) is 25.5 Å². The lowest BCUT2D eigenvalue weighted by Gasteiger charge is -2.35. The van der Waals surface area contributed by atoms with Gasteiger partial charge in [0.05, 0.1) is 6.20 Å². The molecular formula is C15H22N2O3. The van der Waals surface area contributed by atoms with E-state index in [-0.39, 0.29) is 18.5 Å². The second-order valence-electron chi connectivity index (χ2n) is 4.98. The third kappa shape index (κ3) is 4.20. The van der Waals surface area contributed by atoms with Crippen LogP contribution in [0.1, 0.15) is 33.1 Å². The molecule has 1 N–H and O–H groups in total. The van der Waals surface area contributed by atoms with Crippen molar-refractivity contribution in [3.63, 3.8) is 0 Å². The van der Waals surface area contributed by atoms with Crippen LogP contribution < -0.4 is 14.8 Å². The average molecular weight is 278 g/mol. The van der Waals surface area contributed by atoms with E-state index >= 15 is 0 Å². The van der Waals surface area contributed by atoms with Gasteiger partial charge >= 0.3 is 0 Å². The van der Waals surface area contributed by atoms with E-state index in [0.29, 0.717) is 24.1 Å². The first-order valence-electron chi connectivity index (χ1n) is 7.21. The van der Waals surface area contributed by atoms with E-state index in [1.807, 2.05) is 6.92 Å². The van der Waals surface area contributed by atoms with E-state index in [9.17, 15) is 4.79 Å². The van der Waals surface area contributed by atoms with E-state index in [2.05, 4.69) is 17.2 Å². The summed E-state index contributed by atoms with van der Waals surface area (Å²) in [5.41, 5.74) is 0. The van der Waals surface area contributed by atoms with Gasteiger partial charge in [0.1, 0.15) is 18.5 Å². The molecule has 1 aromatic rings. The van der Waals surface area contributed by atoms with Crippen LogP contribution in [-0.2, 0) is 4.79 Å². The highest BCUT2D eigenvalue weighted by molar-refractivity contribution is 5.79. The summed E-state index contributed by atoms with van der Waals surface area (Å²) in [5.74, 6) is 1.28. The molecule has 0 bridgehead atoms. The van der Waals surface area contributed by atoms with Gasteiger partial charge in [0.2, 0.25) is 5.88 Å². The zero-order chi connectivity index (χ0) is 14.4. The monoisotopic (exact) mass is 278 g/mol. The summed E-state index contributed by atoms with van der Waals surface area (Å²) in [7, 11) is 0. The molecule has 2 rings (SSSR count). The van der Waals surface area contributed by atoms with Crippen LogP contribution in [0.5, 0.6) is 11.6 Å². The van der Waals surface area contributed by atoms with Crippen molar-refractivity contribution >= 4 is 5.78 Å². The number of ether oxygens (including phenoxy) is 2. The third-order valence-electron chi connectivity index (χ3n) is 3.38. The molecule has 110 valence electrons. The van der Waals surface area contributed by atoms with Gasteiger partial charge in [-0.2, -0.15) is 0 Å². The molecule has 20 heavy (non-hydrogen) atoms. The van der Waals surface area contributed by atoms with E-state index < -0.39 is 0 Å². The molecule has 0 saturated heterocycles. The van der Waals surface area contributed by atoms with Crippen LogP contribution in [0, 0.1) is 0 Å². The minimum Gasteiger partial charge on any atom is -0.484 e. The number of pyridine rings is 1. The standard InChI is InChI=1S/C15H22N2O3/c1-3-12(18)10-19-13-5-6-15(17-9-13)20-14-7-11(8-14)16-4-2/h5-6,9,11,14,16H,3-4,7-8,10H2,1-2H3/t11-,14-. The third-order valence-corrected chi connectivity index (χ3v) is 3.38. The molecule has 1 saturated carbocycles. The SMILES string of the molecule is CCN[C@H]1C[C@H](Oc2ccc(OCC(=O)CC)cn2)C1. The number of ketones is 1. The zero-order valence-corrected chi connectivity index (χ0v) is 12.1. The topological polar surface area (TPSA) is 60.5 Å². The first-order valence-corrected chi connectivity index (χ1v) is 7.21. The fourth-order valence-corrected chi connectivity index (χ4v) is 2.08. The molecule has 0 aliphatic heterocycles. The molecule has 1 aliphatic carbocycles. The molecule has 0 aromatic carbocycles. The molecule has 0 amide bonds. The number of Topliss-reactive ketones (excluding diaryl/α,β-unsaturated/α-hetero) is 1. The van der Waals surface area contributed by atoms with Crippen LogP contribution >= 0.6 is 0 Å². The van der Waals surface area contributed by atoms with Crippen LogP contribution in [-0.4, -0.2) is 36.1 Å². The van der Waals surface area contributed by atoms with Crippen molar-refractivity contribution < 1.29 is 14.3 Å². The lowest BCUT2D eigenvalue weighted by Crippen LogP contribution is -2.46. The van der Waals surface area contributed by atoms with Gasteiger partial charge in [-0.1, -0.05) is 13.8 Å². The number of carbonyl (C=O) groups excluding carboxylic acids is 1. The lowest BCUT2D eigenvalue weighted by molar-refractivity contribution is -0.120. The maximum Gasteiger partial charge on any atom is 0.213 e. The average Bonchev–Trinajstić information content (AvgIpc) is 2.44. The summed E-state index contributed by atoms with van der Waals surface area (Å²) in [4.78, 5) is 15.3. The Balaban J connectivity index is 1.73. The Hall–Kier alpha value is -1.62. The number of nitrogens with one attached hydrogen (secondary N) is 1. The molecule has 0 radical (unpaired) electrons. The summed E-state index contributed by atoms with van der Waals surface area (Å²) in [6.45, 7) is 5.03. The maximum absolute atomic E-state index is 11.2. The van der Waals surface area contributed by atoms with Gasteiger partial charge in [0, 0.05) is 18.5 Å². The predicted molar refractivity (Wildman–Crippen MR) is 76.1 cm³/mol. The molecule has 0 unspecified atom stereocenters. The molecule has 5 nitrogen and oxygen atoms in total. The number of aromatic nitrogens is 1. The number of rotatable bonds is 8. The van der Waals surface area contributed by atoms with E-state index in [0.717, 1.165) is 19.4 Å². The van der Waals surface area contributed by atoms with Crippen molar-refractivity contribution in [1.29, 1.82) is 0 Å². The zero-order valence-electron chi connectivity index (χ0n) is 12.1. The number of hydrogen-bond donors (Lipinski definition) is 1.